The fourth-order valence-corrected chi connectivity index (χ4v) is 3.85. The SMILES string of the molecule is CCCC1CC(NC(=O)OCC)CN(C(C)C2CCC2)C1. The van der Waals surface area contributed by atoms with E-state index in [1.165, 1.54) is 38.6 Å². The number of likely N-dealkylation sites (tertiary alicyclic amines) is 1. The lowest BCUT2D eigenvalue weighted by atomic mass is 9.78. The summed E-state index contributed by atoms with van der Waals surface area (Å²) in [5.74, 6) is 1.58. The van der Waals surface area contributed by atoms with E-state index in [1.54, 1.807) is 0 Å². The molecule has 0 aromatic rings. The molecular formula is C17H32N2O2. The van der Waals surface area contributed by atoms with Gasteiger partial charge in [0.1, 0.15) is 0 Å². The lowest BCUT2D eigenvalue weighted by Gasteiger charge is -2.45. The van der Waals surface area contributed by atoms with Gasteiger partial charge in [-0.3, -0.25) is 4.90 Å². The van der Waals surface area contributed by atoms with Crippen molar-refractivity contribution in [3.05, 3.63) is 0 Å². The van der Waals surface area contributed by atoms with Crippen LogP contribution < -0.4 is 5.32 Å². The molecule has 2 fully saturated rings. The topological polar surface area (TPSA) is 41.6 Å². The van der Waals surface area contributed by atoms with Crippen LogP contribution in [-0.4, -0.2) is 42.8 Å². The first-order chi connectivity index (χ1) is 10.1. The molecule has 0 spiro atoms. The Labute approximate surface area is 129 Å². The molecule has 0 radical (unpaired) electrons. The van der Waals surface area contributed by atoms with E-state index >= 15 is 0 Å². The summed E-state index contributed by atoms with van der Waals surface area (Å²) in [5.41, 5.74) is 0. The average Bonchev–Trinajstić information content (AvgIpc) is 2.37. The number of nitrogens with one attached hydrogen (secondary N) is 1. The minimum atomic E-state index is -0.254. The van der Waals surface area contributed by atoms with Crippen LogP contribution in [0.1, 0.15) is 59.3 Å². The van der Waals surface area contributed by atoms with Gasteiger partial charge in [-0.2, -0.15) is 0 Å². The summed E-state index contributed by atoms with van der Waals surface area (Å²) in [6.07, 6.45) is 7.48. The second-order valence-corrected chi connectivity index (χ2v) is 6.84. The molecule has 1 saturated heterocycles. The van der Waals surface area contributed by atoms with Crippen LogP contribution in [0, 0.1) is 11.8 Å². The summed E-state index contributed by atoms with van der Waals surface area (Å²) < 4.78 is 5.05. The van der Waals surface area contributed by atoms with E-state index in [4.69, 9.17) is 4.74 Å². The highest BCUT2D eigenvalue weighted by Crippen LogP contribution is 2.34. The average molecular weight is 296 g/mol. The third-order valence-corrected chi connectivity index (χ3v) is 5.27. The Kier molecular flexibility index (Phi) is 6.34. The van der Waals surface area contributed by atoms with E-state index in [0.29, 0.717) is 18.6 Å². The first-order valence-electron chi connectivity index (χ1n) is 8.81. The van der Waals surface area contributed by atoms with Gasteiger partial charge in [-0.25, -0.2) is 4.79 Å². The van der Waals surface area contributed by atoms with E-state index < -0.39 is 0 Å². The van der Waals surface area contributed by atoms with Crippen molar-refractivity contribution in [2.24, 2.45) is 11.8 Å². The van der Waals surface area contributed by atoms with Crippen LogP contribution in [0.25, 0.3) is 0 Å². The second-order valence-electron chi connectivity index (χ2n) is 6.84. The molecule has 1 amide bonds. The zero-order valence-electron chi connectivity index (χ0n) is 13.9. The Morgan fingerprint density at radius 2 is 2.10 bits per heavy atom. The highest BCUT2D eigenvalue weighted by Gasteiger charge is 2.34. The van der Waals surface area contributed by atoms with Gasteiger partial charge in [0.05, 0.1) is 6.61 Å². The predicted octanol–water partition coefficient (Wildman–Crippen LogP) is 3.41. The highest BCUT2D eigenvalue weighted by atomic mass is 16.5. The van der Waals surface area contributed by atoms with E-state index in [1.807, 2.05) is 6.92 Å². The van der Waals surface area contributed by atoms with Crippen LogP contribution >= 0.6 is 0 Å². The van der Waals surface area contributed by atoms with Crippen molar-refractivity contribution in [3.63, 3.8) is 0 Å². The summed E-state index contributed by atoms with van der Waals surface area (Å²) in [7, 11) is 0. The van der Waals surface area contributed by atoms with Crippen LogP contribution in [0.2, 0.25) is 0 Å². The number of hydrogen-bond acceptors (Lipinski definition) is 3. The summed E-state index contributed by atoms with van der Waals surface area (Å²) in [6.45, 7) is 9.11. The van der Waals surface area contributed by atoms with E-state index in [2.05, 4.69) is 24.1 Å². The first kappa shape index (κ1) is 16.6. The quantitative estimate of drug-likeness (QED) is 0.816. The lowest BCUT2D eigenvalue weighted by Crippen LogP contribution is -2.55. The van der Waals surface area contributed by atoms with Crippen LogP contribution in [0.5, 0.6) is 0 Å². The number of carbonyl (C=O) groups excluding carboxylic acids is 1. The number of hydrogen-bond donors (Lipinski definition) is 1. The molecule has 2 rings (SSSR count). The summed E-state index contributed by atoms with van der Waals surface area (Å²) in [6, 6.07) is 0.904. The predicted molar refractivity (Wildman–Crippen MR) is 85.3 cm³/mol. The second kappa shape index (κ2) is 8.02. The van der Waals surface area contributed by atoms with Gasteiger partial charge in [0.15, 0.2) is 0 Å². The molecule has 0 bridgehead atoms. The van der Waals surface area contributed by atoms with Gasteiger partial charge in [0.25, 0.3) is 0 Å². The van der Waals surface area contributed by atoms with E-state index in [-0.39, 0.29) is 12.1 Å². The van der Waals surface area contributed by atoms with Gasteiger partial charge < -0.3 is 10.1 Å². The maximum Gasteiger partial charge on any atom is 0.407 e. The minimum absolute atomic E-state index is 0.247. The fourth-order valence-electron chi connectivity index (χ4n) is 3.85. The van der Waals surface area contributed by atoms with Gasteiger partial charge in [-0.05, 0) is 51.4 Å². The number of nitrogens with zero attached hydrogens (tertiary/aromatic N) is 1. The Balaban J connectivity index is 1.92. The van der Waals surface area contributed by atoms with Crippen molar-refractivity contribution in [2.45, 2.75) is 71.4 Å². The molecule has 3 unspecified atom stereocenters. The Hall–Kier alpha value is -0.770. The minimum Gasteiger partial charge on any atom is -0.450 e. The van der Waals surface area contributed by atoms with Crippen molar-refractivity contribution < 1.29 is 9.53 Å². The number of ether oxygens (including phenoxy) is 1. The van der Waals surface area contributed by atoms with E-state index in [9.17, 15) is 4.79 Å². The molecule has 1 N–H and O–H groups in total. The Bertz CT molecular complexity index is 331. The van der Waals surface area contributed by atoms with Gasteiger partial charge >= 0.3 is 6.09 Å². The van der Waals surface area contributed by atoms with Crippen molar-refractivity contribution in [3.8, 4) is 0 Å². The van der Waals surface area contributed by atoms with Crippen LogP contribution in [0.3, 0.4) is 0 Å². The standard InChI is InChI=1S/C17H32N2O2/c1-4-7-14-10-16(18-17(20)21-5-2)12-19(11-14)13(3)15-8-6-9-15/h13-16H,4-12H2,1-3H3,(H,18,20). The molecule has 1 aliphatic carbocycles. The third kappa shape index (κ3) is 4.60. The summed E-state index contributed by atoms with van der Waals surface area (Å²) in [4.78, 5) is 14.3. The van der Waals surface area contributed by atoms with Crippen molar-refractivity contribution in [1.29, 1.82) is 0 Å². The molecule has 122 valence electrons. The normalized spacial score (nSPS) is 28.7. The largest absolute Gasteiger partial charge is 0.450 e. The van der Waals surface area contributed by atoms with Crippen molar-refractivity contribution in [1.82, 2.24) is 10.2 Å². The van der Waals surface area contributed by atoms with Crippen molar-refractivity contribution in [2.75, 3.05) is 19.7 Å². The van der Waals surface area contributed by atoms with Gasteiger partial charge in [-0.15, -0.1) is 0 Å². The fraction of sp³-hybridized carbons (Fsp3) is 0.941. The molecule has 2 aliphatic rings. The monoisotopic (exact) mass is 296 g/mol. The molecule has 21 heavy (non-hydrogen) atoms. The van der Waals surface area contributed by atoms with Gasteiger partial charge in [0, 0.05) is 25.2 Å². The van der Waals surface area contributed by atoms with Gasteiger partial charge in [-0.1, -0.05) is 19.8 Å². The smallest absolute Gasteiger partial charge is 0.407 e. The lowest BCUT2D eigenvalue weighted by molar-refractivity contribution is 0.0476. The maximum absolute atomic E-state index is 11.7. The van der Waals surface area contributed by atoms with Crippen LogP contribution in [0.4, 0.5) is 4.79 Å². The van der Waals surface area contributed by atoms with E-state index in [0.717, 1.165) is 18.9 Å². The molecular weight excluding hydrogens is 264 g/mol. The van der Waals surface area contributed by atoms with Crippen molar-refractivity contribution >= 4 is 6.09 Å². The number of amides is 1. The molecule has 0 aromatic carbocycles. The first-order valence-corrected chi connectivity index (χ1v) is 8.81. The maximum atomic E-state index is 11.7. The number of alkyl carbamates (subject to hydrolysis) is 1. The molecule has 3 atom stereocenters. The molecule has 4 nitrogen and oxygen atoms in total. The zero-order valence-corrected chi connectivity index (χ0v) is 13.9. The number of rotatable bonds is 6. The Morgan fingerprint density at radius 3 is 2.67 bits per heavy atom. The Morgan fingerprint density at radius 1 is 1.33 bits per heavy atom. The van der Waals surface area contributed by atoms with Crippen LogP contribution in [0.15, 0.2) is 0 Å². The number of carbonyl (C=O) groups is 1. The summed E-state index contributed by atoms with van der Waals surface area (Å²) in [5, 5.41) is 3.07. The zero-order chi connectivity index (χ0) is 15.2. The number of piperidine rings is 1. The molecule has 1 heterocycles. The molecule has 1 aliphatic heterocycles. The van der Waals surface area contributed by atoms with Gasteiger partial charge in [0.2, 0.25) is 0 Å². The summed E-state index contributed by atoms with van der Waals surface area (Å²) >= 11 is 0. The van der Waals surface area contributed by atoms with Crippen LogP contribution in [-0.2, 0) is 4.74 Å². The highest BCUT2D eigenvalue weighted by molar-refractivity contribution is 5.67. The molecule has 4 heteroatoms. The molecule has 0 aromatic heterocycles. The third-order valence-electron chi connectivity index (χ3n) is 5.27. The molecule has 1 saturated carbocycles.